The van der Waals surface area contributed by atoms with E-state index in [2.05, 4.69) is 5.32 Å². The van der Waals surface area contributed by atoms with Crippen molar-refractivity contribution in [2.75, 3.05) is 18.6 Å². The van der Waals surface area contributed by atoms with Crippen molar-refractivity contribution in [2.24, 2.45) is 0 Å². The Hall–Kier alpha value is -0.940. The number of furan rings is 1. The molecule has 0 fully saturated rings. The number of aryl methyl sites for hydroxylation is 2. The Morgan fingerprint density at radius 2 is 2.24 bits per heavy atom. The summed E-state index contributed by atoms with van der Waals surface area (Å²) in [5, 5.41) is 12.6. The van der Waals surface area contributed by atoms with Crippen LogP contribution in [0, 0.1) is 13.8 Å². The molecule has 0 radical (unpaired) electrons. The highest BCUT2D eigenvalue weighted by Gasteiger charge is 2.21. The monoisotopic (exact) mass is 257 g/mol. The van der Waals surface area contributed by atoms with Crippen LogP contribution in [-0.2, 0) is 0 Å². The Morgan fingerprint density at radius 3 is 2.71 bits per heavy atom. The van der Waals surface area contributed by atoms with Crippen LogP contribution >= 0.6 is 11.8 Å². The van der Waals surface area contributed by atoms with E-state index in [1.165, 1.54) is 11.8 Å². The average Bonchev–Trinajstić information content (AvgIpc) is 2.56. The largest absolute Gasteiger partial charge is 0.456 e. The molecule has 1 rings (SSSR count). The van der Waals surface area contributed by atoms with Gasteiger partial charge < -0.3 is 14.8 Å². The van der Waals surface area contributed by atoms with Gasteiger partial charge in [-0.2, -0.15) is 11.8 Å². The van der Waals surface area contributed by atoms with Gasteiger partial charge in [0, 0.05) is 12.3 Å². The molecule has 4 nitrogen and oxygen atoms in total. The molecule has 0 aliphatic heterocycles. The SMILES string of the molecule is CSCC(C)(O)CNC(=O)c1cc(C)c(C)o1. The van der Waals surface area contributed by atoms with Crippen molar-refractivity contribution in [3.63, 3.8) is 0 Å². The first-order chi connectivity index (χ1) is 7.85. The van der Waals surface area contributed by atoms with Crippen LogP contribution in [0.2, 0.25) is 0 Å². The van der Waals surface area contributed by atoms with Crippen LogP contribution in [0.4, 0.5) is 0 Å². The fraction of sp³-hybridized carbons (Fsp3) is 0.583. The quantitative estimate of drug-likeness (QED) is 0.843. The van der Waals surface area contributed by atoms with Gasteiger partial charge in [-0.15, -0.1) is 0 Å². The number of thioether (sulfide) groups is 1. The zero-order valence-electron chi connectivity index (χ0n) is 10.7. The molecule has 1 amide bonds. The molecule has 1 unspecified atom stereocenters. The number of carbonyl (C=O) groups is 1. The molecular weight excluding hydrogens is 238 g/mol. The smallest absolute Gasteiger partial charge is 0.287 e. The number of hydrogen-bond donors (Lipinski definition) is 2. The molecule has 1 heterocycles. The molecule has 0 aliphatic carbocycles. The van der Waals surface area contributed by atoms with Crippen molar-refractivity contribution in [2.45, 2.75) is 26.4 Å². The summed E-state index contributed by atoms with van der Waals surface area (Å²) in [4.78, 5) is 11.7. The summed E-state index contributed by atoms with van der Waals surface area (Å²) >= 11 is 1.54. The van der Waals surface area contributed by atoms with E-state index in [0.29, 0.717) is 11.5 Å². The molecule has 0 aliphatic rings. The van der Waals surface area contributed by atoms with Gasteiger partial charge in [-0.3, -0.25) is 4.79 Å². The summed E-state index contributed by atoms with van der Waals surface area (Å²) in [5.74, 6) is 1.32. The fourth-order valence-electron chi connectivity index (χ4n) is 1.40. The van der Waals surface area contributed by atoms with Gasteiger partial charge in [0.2, 0.25) is 0 Å². The number of hydrogen-bond acceptors (Lipinski definition) is 4. The molecule has 1 aromatic rings. The van der Waals surface area contributed by atoms with Gasteiger partial charge in [0.05, 0.1) is 5.60 Å². The number of amides is 1. The second kappa shape index (κ2) is 5.60. The van der Waals surface area contributed by atoms with E-state index in [4.69, 9.17) is 4.42 Å². The topological polar surface area (TPSA) is 62.5 Å². The van der Waals surface area contributed by atoms with Crippen molar-refractivity contribution in [1.82, 2.24) is 5.32 Å². The molecule has 0 saturated heterocycles. The molecule has 2 N–H and O–H groups in total. The molecule has 0 bridgehead atoms. The second-order valence-electron chi connectivity index (χ2n) is 4.46. The van der Waals surface area contributed by atoms with Gasteiger partial charge in [-0.05, 0) is 38.7 Å². The van der Waals surface area contributed by atoms with E-state index in [9.17, 15) is 9.90 Å². The van der Waals surface area contributed by atoms with Gasteiger partial charge >= 0.3 is 0 Å². The van der Waals surface area contributed by atoms with E-state index in [0.717, 1.165) is 11.3 Å². The predicted molar refractivity (Wildman–Crippen MR) is 69.5 cm³/mol. The van der Waals surface area contributed by atoms with Crippen molar-refractivity contribution < 1.29 is 14.3 Å². The second-order valence-corrected chi connectivity index (χ2v) is 5.33. The summed E-state index contributed by atoms with van der Waals surface area (Å²) < 4.78 is 5.30. The molecule has 1 aromatic heterocycles. The Labute approximate surface area is 106 Å². The highest BCUT2D eigenvalue weighted by molar-refractivity contribution is 7.98. The molecule has 1 atom stereocenters. The molecule has 96 valence electrons. The Bertz CT molecular complexity index is 379. The Morgan fingerprint density at radius 1 is 1.59 bits per heavy atom. The van der Waals surface area contributed by atoms with E-state index < -0.39 is 5.60 Å². The lowest BCUT2D eigenvalue weighted by atomic mass is 10.1. The minimum absolute atomic E-state index is 0.214. The number of nitrogens with one attached hydrogen (secondary N) is 1. The van der Waals surface area contributed by atoms with Crippen molar-refractivity contribution >= 4 is 17.7 Å². The van der Waals surface area contributed by atoms with Crippen molar-refractivity contribution in [1.29, 1.82) is 0 Å². The van der Waals surface area contributed by atoms with Crippen LogP contribution in [0.3, 0.4) is 0 Å². The van der Waals surface area contributed by atoms with Crippen molar-refractivity contribution in [3.8, 4) is 0 Å². The Balaban J connectivity index is 2.56. The van der Waals surface area contributed by atoms with Crippen LogP contribution in [0.25, 0.3) is 0 Å². The van der Waals surface area contributed by atoms with Gasteiger partial charge in [0.15, 0.2) is 5.76 Å². The maximum absolute atomic E-state index is 11.7. The standard InChI is InChI=1S/C12H19NO3S/c1-8-5-10(16-9(8)2)11(14)13-6-12(3,15)7-17-4/h5,15H,6-7H2,1-4H3,(H,13,14). The summed E-state index contributed by atoms with van der Waals surface area (Å²) in [6, 6.07) is 1.70. The lowest BCUT2D eigenvalue weighted by molar-refractivity contribution is 0.0709. The summed E-state index contributed by atoms with van der Waals surface area (Å²) in [6.45, 7) is 5.61. The van der Waals surface area contributed by atoms with E-state index in [-0.39, 0.29) is 12.5 Å². The number of aliphatic hydroxyl groups is 1. The lowest BCUT2D eigenvalue weighted by Crippen LogP contribution is -2.42. The highest BCUT2D eigenvalue weighted by Crippen LogP contribution is 2.14. The zero-order valence-corrected chi connectivity index (χ0v) is 11.5. The fourth-order valence-corrected chi connectivity index (χ4v) is 2.13. The third-order valence-corrected chi connectivity index (χ3v) is 3.39. The maximum Gasteiger partial charge on any atom is 0.287 e. The summed E-state index contributed by atoms with van der Waals surface area (Å²) in [7, 11) is 0. The third-order valence-electron chi connectivity index (χ3n) is 2.47. The average molecular weight is 257 g/mol. The van der Waals surface area contributed by atoms with Crippen LogP contribution in [0.5, 0.6) is 0 Å². The lowest BCUT2D eigenvalue weighted by Gasteiger charge is -2.22. The molecular formula is C12H19NO3S. The van der Waals surface area contributed by atoms with E-state index in [1.807, 2.05) is 20.1 Å². The molecule has 0 saturated carbocycles. The normalized spacial score (nSPS) is 14.4. The summed E-state index contributed by atoms with van der Waals surface area (Å²) in [5.41, 5.74) is 0.0530. The number of rotatable bonds is 5. The van der Waals surface area contributed by atoms with Gasteiger partial charge in [0.25, 0.3) is 5.91 Å². The molecule has 5 heteroatoms. The van der Waals surface area contributed by atoms with Gasteiger partial charge in [-0.1, -0.05) is 0 Å². The molecule has 0 aromatic carbocycles. The predicted octanol–water partition coefficient (Wildman–Crippen LogP) is 1.74. The van der Waals surface area contributed by atoms with E-state index >= 15 is 0 Å². The van der Waals surface area contributed by atoms with Crippen LogP contribution < -0.4 is 5.32 Å². The molecule has 17 heavy (non-hydrogen) atoms. The van der Waals surface area contributed by atoms with Crippen LogP contribution in [-0.4, -0.2) is 35.2 Å². The van der Waals surface area contributed by atoms with Crippen molar-refractivity contribution in [3.05, 3.63) is 23.2 Å². The summed E-state index contributed by atoms with van der Waals surface area (Å²) in [6.07, 6.45) is 1.91. The zero-order chi connectivity index (χ0) is 13.1. The van der Waals surface area contributed by atoms with Gasteiger partial charge in [0.1, 0.15) is 5.76 Å². The minimum atomic E-state index is -0.897. The Kier molecular flexibility index (Phi) is 4.65. The van der Waals surface area contributed by atoms with Gasteiger partial charge in [-0.25, -0.2) is 0 Å². The minimum Gasteiger partial charge on any atom is -0.456 e. The first-order valence-electron chi connectivity index (χ1n) is 5.42. The van der Waals surface area contributed by atoms with E-state index in [1.54, 1.807) is 13.0 Å². The third kappa shape index (κ3) is 4.09. The molecule has 0 spiro atoms. The van der Waals surface area contributed by atoms with Crippen LogP contribution in [0.15, 0.2) is 10.5 Å². The first kappa shape index (κ1) is 14.1. The highest BCUT2D eigenvalue weighted by atomic mass is 32.2. The first-order valence-corrected chi connectivity index (χ1v) is 6.81. The maximum atomic E-state index is 11.7. The van der Waals surface area contributed by atoms with Crippen LogP contribution in [0.1, 0.15) is 28.8 Å². The number of carbonyl (C=O) groups excluding carboxylic acids is 1.